The first-order valence-electron chi connectivity index (χ1n) is 6.58. The van der Waals surface area contributed by atoms with Crippen molar-refractivity contribution < 1.29 is 4.74 Å². The molecule has 21 heavy (non-hydrogen) atoms. The SMILES string of the molecule is COc1ccccc1NC1=[N+]=C(/C=C\C(N)=NC2=CC2)N1. The van der Waals surface area contributed by atoms with Crippen LogP contribution in [0.1, 0.15) is 6.42 Å². The number of methoxy groups -OCH3 is 1. The number of nitrogens with zero attached hydrogens (tertiary/aromatic N) is 2. The summed E-state index contributed by atoms with van der Waals surface area (Å²) in [6, 6.07) is 7.65. The number of hydrogen-bond acceptors (Lipinski definition) is 4. The zero-order valence-corrected chi connectivity index (χ0v) is 11.6. The number of aliphatic imine (C=N–C) groups is 1. The molecule has 1 aromatic rings. The van der Waals surface area contributed by atoms with Crippen LogP contribution in [0.3, 0.4) is 0 Å². The molecule has 0 spiro atoms. The second kappa shape index (κ2) is 5.56. The van der Waals surface area contributed by atoms with E-state index in [-0.39, 0.29) is 0 Å². The molecule has 0 unspecified atom stereocenters. The molecule has 1 aliphatic heterocycles. The highest BCUT2D eigenvalue weighted by molar-refractivity contribution is 6.18. The average molecular weight is 282 g/mol. The normalized spacial score (nSPS) is 16.4. The quantitative estimate of drug-likeness (QED) is 0.422. The van der Waals surface area contributed by atoms with Crippen LogP contribution >= 0.6 is 0 Å². The van der Waals surface area contributed by atoms with Gasteiger partial charge in [-0.2, -0.15) is 0 Å². The lowest BCUT2D eigenvalue weighted by molar-refractivity contribution is 0.417. The summed E-state index contributed by atoms with van der Waals surface area (Å²) in [6.07, 6.45) is 6.47. The molecule has 0 fully saturated rings. The predicted octanol–water partition coefficient (Wildman–Crippen LogP) is 0.733. The van der Waals surface area contributed by atoms with Crippen molar-refractivity contribution in [3.63, 3.8) is 0 Å². The molecule has 6 nitrogen and oxygen atoms in total. The highest BCUT2D eigenvalue weighted by Gasteiger charge is 2.20. The van der Waals surface area contributed by atoms with Crippen molar-refractivity contribution in [2.24, 2.45) is 10.7 Å². The Morgan fingerprint density at radius 3 is 2.95 bits per heavy atom. The maximum Gasteiger partial charge on any atom is 0.407 e. The summed E-state index contributed by atoms with van der Waals surface area (Å²) in [5, 5.41) is 6.24. The van der Waals surface area contributed by atoms with Crippen molar-refractivity contribution in [3.05, 3.63) is 48.2 Å². The zero-order chi connectivity index (χ0) is 14.7. The van der Waals surface area contributed by atoms with Gasteiger partial charge in [0.1, 0.15) is 11.5 Å². The van der Waals surface area contributed by atoms with E-state index in [1.807, 2.05) is 30.3 Å². The van der Waals surface area contributed by atoms with Gasteiger partial charge in [0.25, 0.3) is 5.84 Å². The Morgan fingerprint density at radius 2 is 2.24 bits per heavy atom. The molecule has 106 valence electrons. The molecule has 2 aliphatic rings. The van der Waals surface area contributed by atoms with Gasteiger partial charge in [0.15, 0.2) is 5.75 Å². The highest BCUT2D eigenvalue weighted by atomic mass is 16.5. The van der Waals surface area contributed by atoms with E-state index in [2.05, 4.69) is 20.3 Å². The topological polar surface area (TPSA) is 85.8 Å². The van der Waals surface area contributed by atoms with Crippen LogP contribution in [-0.2, 0) is 0 Å². The van der Waals surface area contributed by atoms with Gasteiger partial charge in [0.2, 0.25) is 0 Å². The van der Waals surface area contributed by atoms with Crippen molar-refractivity contribution in [1.82, 2.24) is 9.98 Å². The molecule has 0 radical (unpaired) electrons. The molecule has 0 atom stereocenters. The minimum atomic E-state index is 0.481. The van der Waals surface area contributed by atoms with E-state index in [1.165, 1.54) is 0 Å². The number of guanidine groups is 1. The molecule has 0 saturated carbocycles. The van der Waals surface area contributed by atoms with Crippen molar-refractivity contribution in [1.29, 1.82) is 0 Å². The van der Waals surface area contributed by atoms with E-state index in [0.29, 0.717) is 11.8 Å². The summed E-state index contributed by atoms with van der Waals surface area (Å²) < 4.78 is 9.56. The summed E-state index contributed by atoms with van der Waals surface area (Å²) in [6.45, 7) is 0. The van der Waals surface area contributed by atoms with E-state index in [1.54, 1.807) is 19.3 Å². The summed E-state index contributed by atoms with van der Waals surface area (Å²) in [4.78, 5) is 4.18. The molecule has 1 aliphatic carbocycles. The largest absolute Gasteiger partial charge is 0.493 e. The van der Waals surface area contributed by atoms with Crippen LogP contribution in [0.25, 0.3) is 0 Å². The highest BCUT2D eigenvalue weighted by Crippen LogP contribution is 2.22. The summed E-state index contributed by atoms with van der Waals surface area (Å²) in [5.41, 5.74) is 7.63. The third-order valence-electron chi connectivity index (χ3n) is 2.91. The van der Waals surface area contributed by atoms with Gasteiger partial charge in [0.05, 0.1) is 7.11 Å². The number of benzene rings is 1. The first kappa shape index (κ1) is 13.0. The van der Waals surface area contributed by atoms with Gasteiger partial charge in [-0.1, -0.05) is 18.2 Å². The number of ether oxygens (including phenoxy) is 1. The molecular formula is C15H16N5O+. The number of nitrogens with one attached hydrogen (secondary N) is 2. The number of amidine groups is 2. The van der Waals surface area contributed by atoms with E-state index in [9.17, 15) is 0 Å². The number of nitrogens with two attached hydrogens (primary N) is 1. The van der Waals surface area contributed by atoms with Gasteiger partial charge in [-0.15, -0.1) is 0 Å². The predicted molar refractivity (Wildman–Crippen MR) is 85.4 cm³/mol. The fraction of sp³-hybridized carbons (Fsp3) is 0.133. The Labute approximate surface area is 122 Å². The van der Waals surface area contributed by atoms with Crippen LogP contribution in [0.5, 0.6) is 5.75 Å². The molecule has 0 aromatic heterocycles. The average Bonchev–Trinajstić information content (AvgIpc) is 3.25. The van der Waals surface area contributed by atoms with Crippen molar-refractivity contribution >= 4 is 23.3 Å². The Balaban J connectivity index is 1.65. The zero-order valence-electron chi connectivity index (χ0n) is 11.6. The third kappa shape index (κ3) is 3.32. The number of allylic oxidation sites excluding steroid dienone is 2. The van der Waals surface area contributed by atoms with Gasteiger partial charge in [0, 0.05) is 18.2 Å². The molecule has 1 aromatic carbocycles. The monoisotopic (exact) mass is 282 g/mol. The summed E-state index contributed by atoms with van der Waals surface area (Å²) >= 11 is 0. The fourth-order valence-corrected chi connectivity index (χ4v) is 1.76. The first-order chi connectivity index (χ1) is 10.2. The molecule has 4 N–H and O–H groups in total. The molecule has 6 heteroatoms. The van der Waals surface area contributed by atoms with E-state index >= 15 is 0 Å². The second-order valence-corrected chi connectivity index (χ2v) is 4.57. The van der Waals surface area contributed by atoms with Crippen LogP contribution in [0.15, 0.2) is 53.2 Å². The lowest BCUT2D eigenvalue weighted by Crippen LogP contribution is -2.47. The minimum Gasteiger partial charge on any atom is -0.493 e. The Bertz CT molecular complexity index is 723. The summed E-state index contributed by atoms with van der Waals surface area (Å²) in [7, 11) is 1.63. The summed E-state index contributed by atoms with van der Waals surface area (Å²) in [5.74, 6) is 2.64. The van der Waals surface area contributed by atoms with Crippen molar-refractivity contribution in [2.45, 2.75) is 6.42 Å². The lowest BCUT2D eigenvalue weighted by atomic mass is 10.3. The smallest absolute Gasteiger partial charge is 0.407 e. The van der Waals surface area contributed by atoms with Crippen molar-refractivity contribution in [2.75, 3.05) is 12.4 Å². The van der Waals surface area contributed by atoms with Crippen LogP contribution in [-0.4, -0.2) is 24.7 Å². The Morgan fingerprint density at radius 1 is 1.48 bits per heavy atom. The van der Waals surface area contributed by atoms with Crippen molar-refractivity contribution in [3.8, 4) is 5.75 Å². The van der Waals surface area contributed by atoms with Gasteiger partial charge in [-0.3, -0.25) is 0 Å². The second-order valence-electron chi connectivity index (χ2n) is 4.57. The molecular weight excluding hydrogens is 266 g/mol. The van der Waals surface area contributed by atoms with Crippen LogP contribution in [0.4, 0.5) is 5.69 Å². The molecule has 0 amide bonds. The number of hydrogen-bond donors (Lipinski definition) is 3. The van der Waals surface area contributed by atoms with Gasteiger partial charge in [-0.25, -0.2) is 20.3 Å². The van der Waals surface area contributed by atoms with Gasteiger partial charge >= 0.3 is 5.96 Å². The number of rotatable bonds is 5. The van der Waals surface area contributed by atoms with Crippen LogP contribution < -0.4 is 25.8 Å². The standard InChI is InChI=1S/C15H15N5O/c1-21-12-5-3-2-4-11(12)18-15-19-14(20-15)9-8-13(16)17-10-6-7-10/h2-6,8-9H,7H2,1H3,(H3,16,17,18,19,20)/p+1/b9-8-. The lowest BCUT2D eigenvalue weighted by Gasteiger charge is -2.10. The Kier molecular flexibility index (Phi) is 3.45. The van der Waals surface area contributed by atoms with E-state index in [0.717, 1.165) is 29.4 Å². The van der Waals surface area contributed by atoms with E-state index in [4.69, 9.17) is 10.5 Å². The molecule has 0 bridgehead atoms. The van der Waals surface area contributed by atoms with Crippen LogP contribution in [0.2, 0.25) is 0 Å². The molecule has 0 saturated heterocycles. The first-order valence-corrected chi connectivity index (χ1v) is 6.58. The molecule has 3 rings (SSSR count). The number of para-hydroxylation sites is 2. The Hall–Kier alpha value is -2.98. The molecule has 1 heterocycles. The third-order valence-corrected chi connectivity index (χ3v) is 2.91. The van der Waals surface area contributed by atoms with Crippen LogP contribution in [0, 0.1) is 0 Å². The van der Waals surface area contributed by atoms with Gasteiger partial charge < -0.3 is 10.5 Å². The van der Waals surface area contributed by atoms with E-state index < -0.39 is 0 Å². The minimum absolute atomic E-state index is 0.481. The maximum atomic E-state index is 5.74. The maximum absolute atomic E-state index is 5.74. The number of anilines is 1. The van der Waals surface area contributed by atoms with Gasteiger partial charge in [-0.05, 0) is 18.2 Å². The fourth-order valence-electron chi connectivity index (χ4n) is 1.76.